The summed E-state index contributed by atoms with van der Waals surface area (Å²) >= 11 is 0. The van der Waals surface area contributed by atoms with Gasteiger partial charge in [0.1, 0.15) is 5.82 Å². The Labute approximate surface area is 152 Å². The number of benzene rings is 2. The minimum absolute atomic E-state index is 0.178. The van der Waals surface area contributed by atoms with E-state index in [0.717, 1.165) is 12.0 Å². The summed E-state index contributed by atoms with van der Waals surface area (Å²) in [5, 5.41) is 2.62. The third kappa shape index (κ3) is 3.64. The fraction of sp³-hybridized carbons (Fsp3) is 0.316. The minimum Gasteiger partial charge on any atom is -0.326 e. The maximum atomic E-state index is 13.3. The lowest BCUT2D eigenvalue weighted by Crippen LogP contribution is -2.31. The summed E-state index contributed by atoms with van der Waals surface area (Å²) < 4.78 is 41.2. The van der Waals surface area contributed by atoms with Crippen LogP contribution in [0, 0.1) is 12.7 Å². The van der Waals surface area contributed by atoms with Crippen LogP contribution in [-0.4, -0.2) is 25.2 Å². The van der Waals surface area contributed by atoms with Crippen molar-refractivity contribution >= 4 is 21.6 Å². The molecule has 3 rings (SSSR count). The quantitative estimate of drug-likeness (QED) is 0.886. The van der Waals surface area contributed by atoms with Gasteiger partial charge in [0.05, 0.1) is 10.9 Å². The molecule has 0 bridgehead atoms. The summed E-state index contributed by atoms with van der Waals surface area (Å²) in [5.41, 5.74) is 1.84. The highest BCUT2D eigenvalue weighted by atomic mass is 32.2. The summed E-state index contributed by atoms with van der Waals surface area (Å²) in [7, 11) is -3.75. The van der Waals surface area contributed by atoms with E-state index in [1.54, 1.807) is 31.2 Å². The first kappa shape index (κ1) is 18.5. The van der Waals surface area contributed by atoms with Crippen molar-refractivity contribution in [3.8, 4) is 0 Å². The van der Waals surface area contributed by atoms with E-state index in [1.807, 2.05) is 0 Å². The van der Waals surface area contributed by atoms with Gasteiger partial charge in [-0.1, -0.05) is 18.2 Å². The molecule has 1 N–H and O–H groups in total. The molecular weight excluding hydrogens is 355 g/mol. The first-order valence-corrected chi connectivity index (χ1v) is 9.88. The molecule has 138 valence electrons. The summed E-state index contributed by atoms with van der Waals surface area (Å²) in [4.78, 5) is 11.5. The number of sulfonamides is 1. The zero-order valence-corrected chi connectivity index (χ0v) is 15.5. The van der Waals surface area contributed by atoms with Crippen molar-refractivity contribution in [3.05, 3.63) is 59.4 Å². The van der Waals surface area contributed by atoms with Gasteiger partial charge in [0.25, 0.3) is 0 Å². The number of rotatable bonds is 4. The summed E-state index contributed by atoms with van der Waals surface area (Å²) in [6.45, 7) is 3.51. The molecule has 0 aliphatic carbocycles. The maximum Gasteiger partial charge on any atom is 0.243 e. The predicted octanol–water partition coefficient (Wildman–Crippen LogP) is 3.62. The number of anilines is 1. The number of nitrogens with one attached hydrogen (secondary N) is 1. The SMILES string of the molecule is CC(=O)Nc1ccc(C)c(S(=O)(=O)N2CCCC2c2ccc(F)cc2)c1. The normalized spacial score (nSPS) is 18.0. The molecule has 1 amide bonds. The molecule has 0 aromatic heterocycles. The molecule has 7 heteroatoms. The van der Waals surface area contributed by atoms with E-state index >= 15 is 0 Å². The van der Waals surface area contributed by atoms with Gasteiger partial charge in [0.2, 0.25) is 15.9 Å². The third-order valence-corrected chi connectivity index (χ3v) is 6.60. The van der Waals surface area contributed by atoms with Gasteiger partial charge in [-0.05, 0) is 55.2 Å². The first-order chi connectivity index (χ1) is 12.3. The van der Waals surface area contributed by atoms with Crippen molar-refractivity contribution in [1.82, 2.24) is 4.31 Å². The Kier molecular flexibility index (Phi) is 5.11. The summed E-state index contributed by atoms with van der Waals surface area (Å²) in [6, 6.07) is 10.5. The molecule has 0 spiro atoms. The van der Waals surface area contributed by atoms with Crippen molar-refractivity contribution in [2.75, 3.05) is 11.9 Å². The van der Waals surface area contributed by atoms with Crippen LogP contribution in [0.5, 0.6) is 0 Å². The average molecular weight is 376 g/mol. The molecule has 5 nitrogen and oxygen atoms in total. The fourth-order valence-electron chi connectivity index (χ4n) is 3.33. The Bertz CT molecular complexity index is 926. The van der Waals surface area contributed by atoms with Gasteiger partial charge in [0.15, 0.2) is 0 Å². The van der Waals surface area contributed by atoms with Gasteiger partial charge in [0, 0.05) is 19.2 Å². The molecule has 1 saturated heterocycles. The standard InChI is InChI=1S/C19H21FN2O3S/c1-13-5-10-17(21-14(2)23)12-19(13)26(24,25)22-11-3-4-18(22)15-6-8-16(20)9-7-15/h5-10,12,18H,3-4,11H2,1-2H3,(H,21,23). The molecule has 1 unspecified atom stereocenters. The second-order valence-electron chi connectivity index (χ2n) is 6.49. The molecule has 1 aliphatic rings. The van der Waals surface area contributed by atoms with E-state index in [0.29, 0.717) is 24.2 Å². The largest absolute Gasteiger partial charge is 0.326 e. The number of hydrogen-bond donors (Lipinski definition) is 1. The highest BCUT2D eigenvalue weighted by Gasteiger charge is 2.37. The molecule has 2 aromatic rings. The molecule has 1 atom stereocenters. The Morgan fingerprint density at radius 2 is 1.88 bits per heavy atom. The van der Waals surface area contributed by atoms with E-state index < -0.39 is 10.0 Å². The number of carbonyl (C=O) groups excluding carboxylic acids is 1. The van der Waals surface area contributed by atoms with E-state index in [1.165, 1.54) is 29.4 Å². The lowest BCUT2D eigenvalue weighted by molar-refractivity contribution is -0.114. The van der Waals surface area contributed by atoms with Crippen LogP contribution >= 0.6 is 0 Å². The number of amides is 1. The molecule has 0 radical (unpaired) electrons. The second-order valence-corrected chi connectivity index (χ2v) is 8.35. The minimum atomic E-state index is -3.75. The molecule has 1 aliphatic heterocycles. The van der Waals surface area contributed by atoms with Crippen LogP contribution in [0.15, 0.2) is 47.4 Å². The predicted molar refractivity (Wildman–Crippen MR) is 97.7 cm³/mol. The lowest BCUT2D eigenvalue weighted by atomic mass is 10.1. The van der Waals surface area contributed by atoms with Gasteiger partial charge in [-0.15, -0.1) is 0 Å². The molecule has 1 fully saturated rings. The lowest BCUT2D eigenvalue weighted by Gasteiger charge is -2.25. The monoisotopic (exact) mass is 376 g/mol. The molecule has 1 heterocycles. The van der Waals surface area contributed by atoms with Gasteiger partial charge in [-0.2, -0.15) is 4.31 Å². The number of nitrogens with zero attached hydrogens (tertiary/aromatic N) is 1. The smallest absolute Gasteiger partial charge is 0.243 e. The Balaban J connectivity index is 1.99. The average Bonchev–Trinajstić information content (AvgIpc) is 3.07. The number of halogens is 1. The Morgan fingerprint density at radius 3 is 2.54 bits per heavy atom. The van der Waals surface area contributed by atoms with E-state index in [-0.39, 0.29) is 22.7 Å². The van der Waals surface area contributed by atoms with Gasteiger partial charge >= 0.3 is 0 Å². The first-order valence-electron chi connectivity index (χ1n) is 8.44. The summed E-state index contributed by atoms with van der Waals surface area (Å²) in [5.74, 6) is -0.609. The molecule has 2 aromatic carbocycles. The zero-order valence-electron chi connectivity index (χ0n) is 14.7. The number of carbonyl (C=O) groups is 1. The van der Waals surface area contributed by atoms with Crippen molar-refractivity contribution in [2.45, 2.75) is 37.6 Å². The molecule has 0 saturated carbocycles. The van der Waals surface area contributed by atoms with Crippen molar-refractivity contribution in [3.63, 3.8) is 0 Å². The molecular formula is C19H21FN2O3S. The Morgan fingerprint density at radius 1 is 1.19 bits per heavy atom. The highest BCUT2D eigenvalue weighted by Crippen LogP contribution is 2.37. The van der Waals surface area contributed by atoms with E-state index in [4.69, 9.17) is 0 Å². The van der Waals surface area contributed by atoms with Crippen LogP contribution in [-0.2, 0) is 14.8 Å². The zero-order chi connectivity index (χ0) is 18.9. The van der Waals surface area contributed by atoms with Gasteiger partial charge in [-0.25, -0.2) is 12.8 Å². The van der Waals surface area contributed by atoms with Crippen LogP contribution < -0.4 is 5.32 Å². The van der Waals surface area contributed by atoms with Crippen molar-refractivity contribution < 1.29 is 17.6 Å². The van der Waals surface area contributed by atoms with E-state index in [9.17, 15) is 17.6 Å². The van der Waals surface area contributed by atoms with Crippen molar-refractivity contribution in [2.24, 2.45) is 0 Å². The van der Waals surface area contributed by atoms with Gasteiger partial charge in [-0.3, -0.25) is 4.79 Å². The van der Waals surface area contributed by atoms with Gasteiger partial charge < -0.3 is 5.32 Å². The fourth-order valence-corrected chi connectivity index (χ4v) is 5.27. The molecule has 26 heavy (non-hydrogen) atoms. The van der Waals surface area contributed by atoms with Crippen LogP contribution in [0.1, 0.15) is 36.9 Å². The Hall–Kier alpha value is -2.25. The van der Waals surface area contributed by atoms with Crippen LogP contribution in [0.4, 0.5) is 10.1 Å². The summed E-state index contributed by atoms with van der Waals surface area (Å²) in [6.07, 6.45) is 1.43. The maximum absolute atomic E-state index is 13.3. The van der Waals surface area contributed by atoms with Crippen LogP contribution in [0.25, 0.3) is 0 Å². The van der Waals surface area contributed by atoms with Crippen LogP contribution in [0.2, 0.25) is 0 Å². The highest BCUT2D eigenvalue weighted by molar-refractivity contribution is 7.89. The van der Waals surface area contributed by atoms with Crippen molar-refractivity contribution in [1.29, 1.82) is 0 Å². The number of hydrogen-bond acceptors (Lipinski definition) is 3. The number of aryl methyl sites for hydroxylation is 1. The van der Waals surface area contributed by atoms with Crippen LogP contribution in [0.3, 0.4) is 0 Å². The second kappa shape index (κ2) is 7.17. The topological polar surface area (TPSA) is 66.5 Å². The van der Waals surface area contributed by atoms with E-state index in [2.05, 4.69) is 5.32 Å². The third-order valence-electron chi connectivity index (χ3n) is 4.55.